The molecule has 2 aliphatic rings. The minimum Gasteiger partial charge on any atom is -0.392 e. The highest BCUT2D eigenvalue weighted by molar-refractivity contribution is 6.31. The first-order valence-corrected chi connectivity index (χ1v) is 8.31. The number of anilines is 1. The predicted molar refractivity (Wildman–Crippen MR) is 88.0 cm³/mol. The Bertz CT molecular complexity index is 518. The quantitative estimate of drug-likeness (QED) is 0.879. The second kappa shape index (κ2) is 5.79. The van der Waals surface area contributed by atoms with Crippen molar-refractivity contribution in [2.75, 3.05) is 11.4 Å². The summed E-state index contributed by atoms with van der Waals surface area (Å²) in [5.74, 6) is 0. The van der Waals surface area contributed by atoms with E-state index in [0.717, 1.165) is 12.1 Å². The SMILES string of the molecule is CC1(C)CN(c2ccc(CO)c(Cl)c2)[C@@H]2CCCCC2N1. The Hall–Kier alpha value is -0.770. The van der Waals surface area contributed by atoms with Crippen LogP contribution in [0.4, 0.5) is 5.69 Å². The van der Waals surface area contributed by atoms with Gasteiger partial charge in [0, 0.05) is 34.9 Å². The molecule has 3 nitrogen and oxygen atoms in total. The van der Waals surface area contributed by atoms with Crippen LogP contribution in [-0.4, -0.2) is 29.3 Å². The Labute approximate surface area is 132 Å². The lowest BCUT2D eigenvalue weighted by Crippen LogP contribution is -2.67. The molecule has 4 heteroatoms. The van der Waals surface area contributed by atoms with Gasteiger partial charge in [-0.25, -0.2) is 0 Å². The molecule has 1 aliphatic carbocycles. The number of aliphatic hydroxyl groups is 1. The van der Waals surface area contributed by atoms with Crippen LogP contribution in [0.15, 0.2) is 18.2 Å². The topological polar surface area (TPSA) is 35.5 Å². The summed E-state index contributed by atoms with van der Waals surface area (Å²) in [6.45, 7) is 5.53. The summed E-state index contributed by atoms with van der Waals surface area (Å²) in [5, 5.41) is 13.8. The number of aliphatic hydroxyl groups excluding tert-OH is 1. The van der Waals surface area contributed by atoms with Crippen molar-refractivity contribution in [1.82, 2.24) is 5.32 Å². The van der Waals surface area contributed by atoms with Crippen molar-refractivity contribution in [3.05, 3.63) is 28.8 Å². The van der Waals surface area contributed by atoms with Crippen molar-refractivity contribution in [3.63, 3.8) is 0 Å². The fourth-order valence-electron chi connectivity index (χ4n) is 3.87. The van der Waals surface area contributed by atoms with E-state index in [1.165, 1.54) is 31.4 Å². The first kappa shape index (κ1) is 15.1. The van der Waals surface area contributed by atoms with Crippen molar-refractivity contribution in [1.29, 1.82) is 0 Å². The summed E-state index contributed by atoms with van der Waals surface area (Å²) >= 11 is 6.29. The van der Waals surface area contributed by atoms with Crippen molar-refractivity contribution >= 4 is 17.3 Å². The monoisotopic (exact) mass is 308 g/mol. The van der Waals surface area contributed by atoms with Gasteiger partial charge in [0.25, 0.3) is 0 Å². The number of hydrogen-bond donors (Lipinski definition) is 2. The number of piperazine rings is 1. The van der Waals surface area contributed by atoms with E-state index in [1.54, 1.807) is 0 Å². The maximum absolute atomic E-state index is 9.28. The van der Waals surface area contributed by atoms with Gasteiger partial charge in [-0.1, -0.05) is 30.5 Å². The summed E-state index contributed by atoms with van der Waals surface area (Å²) in [4.78, 5) is 2.52. The van der Waals surface area contributed by atoms with E-state index in [0.29, 0.717) is 17.1 Å². The normalized spacial score (nSPS) is 28.3. The molecule has 0 bridgehead atoms. The van der Waals surface area contributed by atoms with Crippen LogP contribution in [0, 0.1) is 0 Å². The molecule has 0 radical (unpaired) electrons. The lowest BCUT2D eigenvalue weighted by atomic mass is 9.83. The van der Waals surface area contributed by atoms with Crippen molar-refractivity contribution in [2.45, 2.75) is 63.8 Å². The van der Waals surface area contributed by atoms with Crippen LogP contribution in [0.2, 0.25) is 5.02 Å². The average Bonchev–Trinajstić information content (AvgIpc) is 2.45. The largest absolute Gasteiger partial charge is 0.392 e. The van der Waals surface area contributed by atoms with E-state index in [4.69, 9.17) is 11.6 Å². The first-order valence-electron chi connectivity index (χ1n) is 7.94. The Kier molecular flexibility index (Phi) is 4.17. The molecule has 1 heterocycles. The standard InChI is InChI=1S/C17H25ClN2O/c1-17(2)11-20(16-6-4-3-5-15(16)19-17)13-8-7-12(10-21)14(18)9-13/h7-9,15-16,19,21H,3-6,10-11H2,1-2H3/t15?,16-/m1/s1. The number of fused-ring (bicyclic) bond motifs is 1. The van der Waals surface area contributed by atoms with Gasteiger partial charge in [0.15, 0.2) is 0 Å². The number of hydrogen-bond acceptors (Lipinski definition) is 3. The Balaban J connectivity index is 1.92. The Morgan fingerprint density at radius 1 is 1.33 bits per heavy atom. The summed E-state index contributed by atoms with van der Waals surface area (Å²) in [7, 11) is 0. The number of halogens is 1. The van der Waals surface area contributed by atoms with E-state index in [-0.39, 0.29) is 12.1 Å². The van der Waals surface area contributed by atoms with Crippen LogP contribution in [0.25, 0.3) is 0 Å². The van der Waals surface area contributed by atoms with Crippen molar-refractivity contribution in [2.24, 2.45) is 0 Å². The van der Waals surface area contributed by atoms with E-state index in [2.05, 4.69) is 30.1 Å². The third kappa shape index (κ3) is 3.05. The number of benzene rings is 1. The molecular weight excluding hydrogens is 284 g/mol. The van der Waals surface area contributed by atoms with Gasteiger partial charge >= 0.3 is 0 Å². The number of rotatable bonds is 2. The van der Waals surface area contributed by atoms with Gasteiger partial charge in [-0.3, -0.25) is 0 Å². The number of nitrogens with one attached hydrogen (secondary N) is 1. The molecule has 1 saturated heterocycles. The molecule has 0 aromatic heterocycles. The minimum absolute atomic E-state index is 0.00177. The van der Waals surface area contributed by atoms with Crippen LogP contribution >= 0.6 is 11.6 Å². The highest BCUT2D eigenvalue weighted by Crippen LogP contribution is 2.35. The Morgan fingerprint density at radius 3 is 2.81 bits per heavy atom. The fourth-order valence-corrected chi connectivity index (χ4v) is 4.10. The maximum atomic E-state index is 9.28. The average molecular weight is 309 g/mol. The molecular formula is C17H25ClN2O. The zero-order valence-electron chi connectivity index (χ0n) is 12.9. The summed E-state index contributed by atoms with van der Waals surface area (Å²) in [6, 6.07) is 7.19. The summed E-state index contributed by atoms with van der Waals surface area (Å²) < 4.78 is 0. The molecule has 1 aromatic carbocycles. The Morgan fingerprint density at radius 2 is 2.10 bits per heavy atom. The van der Waals surface area contributed by atoms with Crippen LogP contribution in [0.3, 0.4) is 0 Å². The maximum Gasteiger partial charge on any atom is 0.0696 e. The van der Waals surface area contributed by atoms with E-state index >= 15 is 0 Å². The van der Waals surface area contributed by atoms with Crippen molar-refractivity contribution < 1.29 is 5.11 Å². The molecule has 21 heavy (non-hydrogen) atoms. The molecule has 1 saturated carbocycles. The highest BCUT2D eigenvalue weighted by atomic mass is 35.5. The van der Waals surface area contributed by atoms with Gasteiger partial charge in [-0.05, 0) is 44.4 Å². The molecule has 2 atom stereocenters. The van der Waals surface area contributed by atoms with Crippen LogP contribution in [0.1, 0.15) is 45.1 Å². The molecule has 2 fully saturated rings. The predicted octanol–water partition coefficient (Wildman–Crippen LogP) is 3.33. The zero-order chi connectivity index (χ0) is 15.0. The third-order valence-electron chi connectivity index (χ3n) is 4.81. The number of nitrogens with zero attached hydrogens (tertiary/aromatic N) is 1. The van der Waals surface area contributed by atoms with Crippen molar-refractivity contribution in [3.8, 4) is 0 Å². The molecule has 116 valence electrons. The second-order valence-electron chi connectivity index (χ2n) is 7.05. The van der Waals surface area contributed by atoms with Gasteiger partial charge in [0.2, 0.25) is 0 Å². The molecule has 3 rings (SSSR count). The minimum atomic E-state index is -0.00177. The highest BCUT2D eigenvalue weighted by Gasteiger charge is 2.40. The summed E-state index contributed by atoms with van der Waals surface area (Å²) in [5.41, 5.74) is 2.10. The lowest BCUT2D eigenvalue weighted by molar-refractivity contribution is 0.199. The van der Waals surface area contributed by atoms with Gasteiger partial charge in [-0.2, -0.15) is 0 Å². The summed E-state index contributed by atoms with van der Waals surface area (Å²) in [6.07, 6.45) is 5.13. The van der Waals surface area contributed by atoms with Crippen LogP contribution < -0.4 is 10.2 Å². The van der Waals surface area contributed by atoms with Gasteiger partial charge in [0.05, 0.1) is 6.61 Å². The smallest absolute Gasteiger partial charge is 0.0696 e. The second-order valence-corrected chi connectivity index (χ2v) is 7.46. The van der Waals surface area contributed by atoms with Gasteiger partial charge < -0.3 is 15.3 Å². The first-order chi connectivity index (χ1) is 10.00. The zero-order valence-corrected chi connectivity index (χ0v) is 13.7. The van der Waals surface area contributed by atoms with E-state index in [9.17, 15) is 5.11 Å². The molecule has 0 spiro atoms. The molecule has 1 unspecified atom stereocenters. The van der Waals surface area contributed by atoms with E-state index < -0.39 is 0 Å². The molecule has 1 aromatic rings. The van der Waals surface area contributed by atoms with Crippen LogP contribution in [-0.2, 0) is 6.61 Å². The third-order valence-corrected chi connectivity index (χ3v) is 5.16. The van der Waals surface area contributed by atoms with E-state index in [1.807, 2.05) is 12.1 Å². The molecule has 2 N–H and O–H groups in total. The fraction of sp³-hybridized carbons (Fsp3) is 0.647. The molecule has 1 aliphatic heterocycles. The van der Waals surface area contributed by atoms with Crippen LogP contribution in [0.5, 0.6) is 0 Å². The lowest BCUT2D eigenvalue weighted by Gasteiger charge is -2.52. The van der Waals surface area contributed by atoms with Gasteiger partial charge in [0.1, 0.15) is 0 Å². The van der Waals surface area contributed by atoms with Gasteiger partial charge in [-0.15, -0.1) is 0 Å². The molecule has 0 amide bonds.